The zero-order chi connectivity index (χ0) is 23.3. The third-order valence-electron chi connectivity index (χ3n) is 4.70. The number of carbonyl (C=O) groups excluding carboxylic acids is 4. The van der Waals surface area contributed by atoms with Crippen molar-refractivity contribution in [3.63, 3.8) is 0 Å². The van der Waals surface area contributed by atoms with Crippen molar-refractivity contribution in [3.05, 3.63) is 16.3 Å². The molecule has 0 heterocycles. The first-order valence-electron chi connectivity index (χ1n) is 9.71. The van der Waals surface area contributed by atoms with Crippen LogP contribution < -0.4 is 10.6 Å². The number of anilines is 2. The second-order valence-corrected chi connectivity index (χ2v) is 10.3. The number of nitrogens with one attached hydrogen (secondary N) is 2. The molecular weight excluding hydrogens is 745 g/mol. The fraction of sp³-hybridized carbons (Fsp3) is 0.500. The number of halogens is 3. The summed E-state index contributed by atoms with van der Waals surface area (Å²) in [5.41, 5.74) is 0.984. The predicted octanol–water partition coefficient (Wildman–Crippen LogP) is 4.70. The van der Waals surface area contributed by atoms with Gasteiger partial charge in [0.05, 0.1) is 34.3 Å². The Morgan fingerprint density at radius 2 is 1.42 bits per heavy atom. The molecule has 2 amide bonds. The molecule has 1 aromatic carbocycles. The fourth-order valence-corrected chi connectivity index (χ4v) is 7.56. The van der Waals surface area contributed by atoms with Gasteiger partial charge in [-0.15, -0.1) is 0 Å². The number of ether oxygens (including phenoxy) is 2. The van der Waals surface area contributed by atoms with Crippen molar-refractivity contribution >= 4 is 103 Å². The van der Waals surface area contributed by atoms with Gasteiger partial charge in [-0.2, -0.15) is 0 Å². The van der Waals surface area contributed by atoms with E-state index in [1.54, 1.807) is 6.92 Å². The third kappa shape index (κ3) is 6.65. The van der Waals surface area contributed by atoms with Gasteiger partial charge in [0.1, 0.15) is 0 Å². The van der Waals surface area contributed by atoms with Gasteiger partial charge < -0.3 is 20.1 Å². The van der Waals surface area contributed by atoms with Gasteiger partial charge >= 0.3 is 11.9 Å². The highest BCUT2D eigenvalue weighted by Crippen LogP contribution is 2.40. The van der Waals surface area contributed by atoms with Crippen molar-refractivity contribution < 1.29 is 28.7 Å². The molecule has 1 aliphatic rings. The summed E-state index contributed by atoms with van der Waals surface area (Å²) in [6.45, 7) is 4.61. The Bertz CT molecular complexity index is 856. The number of esters is 2. The number of hydrogen-bond acceptors (Lipinski definition) is 6. The first-order valence-corrected chi connectivity index (χ1v) is 12.9. The number of amides is 2. The Labute approximate surface area is 221 Å². The summed E-state index contributed by atoms with van der Waals surface area (Å²) in [6.07, 6.45) is 2.51. The van der Waals surface area contributed by atoms with Crippen LogP contribution in [0.4, 0.5) is 11.4 Å². The van der Waals surface area contributed by atoms with E-state index in [0.717, 1.165) is 25.7 Å². The Kier molecular flexibility index (Phi) is 10.2. The SMILES string of the molecule is CCOC(=O)C(OC(=O)c1c(I)c(NC(C)=O)c(I)c(NC(C)=O)c1I)C1CCCC1. The van der Waals surface area contributed by atoms with Crippen LogP contribution in [0.5, 0.6) is 0 Å². The fourth-order valence-electron chi connectivity index (χ4n) is 3.41. The summed E-state index contributed by atoms with van der Waals surface area (Å²) in [6, 6.07) is 0. The van der Waals surface area contributed by atoms with Gasteiger partial charge in [0.25, 0.3) is 0 Å². The van der Waals surface area contributed by atoms with E-state index in [1.807, 2.05) is 67.8 Å². The van der Waals surface area contributed by atoms with Gasteiger partial charge in [0.15, 0.2) is 0 Å². The number of hydrogen-bond donors (Lipinski definition) is 2. The molecule has 1 fully saturated rings. The van der Waals surface area contributed by atoms with Gasteiger partial charge in [-0.05, 0) is 87.5 Å². The summed E-state index contributed by atoms with van der Waals surface area (Å²) in [4.78, 5) is 49.3. The molecular formula is C20H23I3N2O6. The summed E-state index contributed by atoms with van der Waals surface area (Å²) in [5.74, 6) is -1.98. The summed E-state index contributed by atoms with van der Waals surface area (Å²) < 4.78 is 12.4. The Morgan fingerprint density at radius 1 is 0.935 bits per heavy atom. The average Bonchev–Trinajstić information content (AvgIpc) is 3.21. The first-order chi connectivity index (χ1) is 14.6. The van der Waals surface area contributed by atoms with E-state index in [0.29, 0.717) is 22.1 Å². The quantitative estimate of drug-likeness (QED) is 0.308. The van der Waals surface area contributed by atoms with Gasteiger partial charge in [0.2, 0.25) is 17.9 Å². The van der Waals surface area contributed by atoms with Crippen LogP contribution in [-0.2, 0) is 23.9 Å². The number of benzene rings is 1. The molecule has 0 saturated heterocycles. The van der Waals surface area contributed by atoms with Crippen molar-refractivity contribution in [1.29, 1.82) is 0 Å². The lowest BCUT2D eigenvalue weighted by molar-refractivity contribution is -0.156. The molecule has 8 nitrogen and oxygen atoms in total. The smallest absolute Gasteiger partial charge is 0.347 e. The highest BCUT2D eigenvalue weighted by molar-refractivity contribution is 14.1. The molecule has 0 aromatic heterocycles. The second-order valence-electron chi connectivity index (χ2n) is 7.05. The van der Waals surface area contributed by atoms with Gasteiger partial charge in [-0.25, -0.2) is 9.59 Å². The average molecular weight is 768 g/mol. The molecule has 2 N–H and O–H groups in total. The molecule has 2 rings (SSSR count). The Balaban J connectivity index is 2.53. The molecule has 0 radical (unpaired) electrons. The van der Waals surface area contributed by atoms with Gasteiger partial charge in [0, 0.05) is 19.8 Å². The van der Waals surface area contributed by atoms with E-state index >= 15 is 0 Å². The lowest BCUT2D eigenvalue weighted by Crippen LogP contribution is -2.35. The van der Waals surface area contributed by atoms with Crippen LogP contribution >= 0.6 is 67.8 Å². The Hall–Kier alpha value is -0.710. The standard InChI is InChI=1S/C20H23I3N2O6/c1-4-30-20(29)18(11-7-5-6-8-11)31-19(28)12-13(21)16(24-9(2)26)15(23)17(14(12)22)25-10(3)27/h11,18H,4-8H2,1-3H3,(H,24,26)(H,25,27). The van der Waals surface area contributed by atoms with E-state index in [1.165, 1.54) is 13.8 Å². The monoisotopic (exact) mass is 768 g/mol. The molecule has 170 valence electrons. The zero-order valence-electron chi connectivity index (χ0n) is 17.3. The van der Waals surface area contributed by atoms with Crippen molar-refractivity contribution in [2.24, 2.45) is 5.92 Å². The normalized spacial score (nSPS) is 14.6. The van der Waals surface area contributed by atoms with Gasteiger partial charge in [-0.1, -0.05) is 12.8 Å². The maximum absolute atomic E-state index is 13.3. The molecule has 1 aromatic rings. The molecule has 31 heavy (non-hydrogen) atoms. The number of carbonyl (C=O) groups is 4. The first kappa shape index (κ1) is 26.5. The van der Waals surface area contributed by atoms with Crippen LogP contribution in [0.15, 0.2) is 0 Å². The van der Waals surface area contributed by atoms with Crippen molar-refractivity contribution in [2.75, 3.05) is 17.2 Å². The Morgan fingerprint density at radius 3 is 1.84 bits per heavy atom. The van der Waals surface area contributed by atoms with E-state index in [-0.39, 0.29) is 29.9 Å². The van der Waals surface area contributed by atoms with Crippen molar-refractivity contribution in [1.82, 2.24) is 0 Å². The van der Waals surface area contributed by atoms with Crippen molar-refractivity contribution in [3.8, 4) is 0 Å². The molecule has 0 aliphatic heterocycles. The molecule has 1 atom stereocenters. The molecule has 11 heteroatoms. The highest BCUT2D eigenvalue weighted by atomic mass is 127. The van der Waals surface area contributed by atoms with Crippen LogP contribution in [0.2, 0.25) is 0 Å². The zero-order valence-corrected chi connectivity index (χ0v) is 23.7. The lowest BCUT2D eigenvalue weighted by atomic mass is 10.0. The largest absolute Gasteiger partial charge is 0.463 e. The topological polar surface area (TPSA) is 111 Å². The lowest BCUT2D eigenvalue weighted by Gasteiger charge is -2.24. The molecule has 1 unspecified atom stereocenters. The maximum atomic E-state index is 13.3. The number of rotatable bonds is 7. The van der Waals surface area contributed by atoms with Crippen LogP contribution in [0.1, 0.15) is 56.8 Å². The maximum Gasteiger partial charge on any atom is 0.347 e. The minimum atomic E-state index is -0.991. The molecule has 0 spiro atoms. The van der Waals surface area contributed by atoms with E-state index in [4.69, 9.17) is 9.47 Å². The van der Waals surface area contributed by atoms with Crippen LogP contribution in [0, 0.1) is 16.6 Å². The van der Waals surface area contributed by atoms with Crippen LogP contribution in [0.25, 0.3) is 0 Å². The van der Waals surface area contributed by atoms with Gasteiger partial charge in [-0.3, -0.25) is 9.59 Å². The summed E-state index contributed by atoms with van der Waals surface area (Å²) in [5, 5.41) is 5.44. The highest BCUT2D eigenvalue weighted by Gasteiger charge is 2.37. The second kappa shape index (κ2) is 12.0. The van der Waals surface area contributed by atoms with Crippen LogP contribution in [0.3, 0.4) is 0 Å². The van der Waals surface area contributed by atoms with E-state index in [2.05, 4.69) is 10.6 Å². The van der Waals surface area contributed by atoms with E-state index in [9.17, 15) is 19.2 Å². The minimum Gasteiger partial charge on any atom is -0.463 e. The predicted molar refractivity (Wildman–Crippen MR) is 141 cm³/mol. The summed E-state index contributed by atoms with van der Waals surface area (Å²) in [7, 11) is 0. The minimum absolute atomic E-state index is 0.0909. The summed E-state index contributed by atoms with van der Waals surface area (Å²) >= 11 is 5.94. The van der Waals surface area contributed by atoms with E-state index < -0.39 is 18.0 Å². The van der Waals surface area contributed by atoms with Crippen molar-refractivity contribution in [2.45, 2.75) is 52.6 Å². The molecule has 1 aliphatic carbocycles. The third-order valence-corrected chi connectivity index (χ3v) is 7.94. The van der Waals surface area contributed by atoms with Crippen LogP contribution in [-0.4, -0.2) is 36.5 Å². The molecule has 1 saturated carbocycles. The molecule has 0 bridgehead atoms.